The summed E-state index contributed by atoms with van der Waals surface area (Å²) >= 11 is 5.32. The van der Waals surface area contributed by atoms with Crippen molar-refractivity contribution >= 4 is 27.7 Å². The number of ether oxygens (including phenoxy) is 1. The maximum atomic E-state index is 9.48. The number of phenolic OH excluding ortho intramolecular Hbond substituents is 1. The van der Waals surface area contributed by atoms with E-state index in [2.05, 4.69) is 127 Å². The molecule has 0 radical (unpaired) electrons. The summed E-state index contributed by atoms with van der Waals surface area (Å²) < 4.78 is 6.29. The minimum absolute atomic E-state index is 0.135. The number of hydrogen-bond donors (Lipinski definition) is 1. The van der Waals surface area contributed by atoms with Crippen molar-refractivity contribution in [2.75, 3.05) is 0 Å². The van der Waals surface area contributed by atoms with Crippen molar-refractivity contribution in [1.82, 2.24) is 0 Å². The monoisotopic (exact) mass is 632 g/mol. The topological polar surface area (TPSA) is 29.5 Å². The first kappa shape index (κ1) is 32.8. The van der Waals surface area contributed by atoms with Crippen LogP contribution in [0.4, 0.5) is 0 Å². The molecule has 4 rings (SSSR count). The molecular weight excluding hydrogens is 588 g/mol. The van der Waals surface area contributed by atoms with Gasteiger partial charge in [-0.05, 0) is 95.1 Å². The van der Waals surface area contributed by atoms with E-state index in [0.29, 0.717) is 5.33 Å². The molecule has 0 aliphatic rings. The molecule has 1 N–H and O–H groups in total. The number of halogens is 1. The number of rotatable bonds is 7. The van der Waals surface area contributed by atoms with Crippen molar-refractivity contribution in [3.8, 4) is 17.2 Å². The second-order valence-electron chi connectivity index (χ2n) is 12.8. The molecule has 41 heavy (non-hydrogen) atoms. The SMILES string of the molecule is CC(C)C.Cc1cc(C(C)(C)c2ccc(Oc3ccc(Sc4ccc(O)cc4)cc3)c(CBr)c2)ccc1C(C)(C)C. The molecule has 0 amide bonds. The molecule has 4 aromatic carbocycles. The molecule has 0 saturated carbocycles. The molecule has 4 heteroatoms. The van der Waals surface area contributed by atoms with Crippen LogP contribution in [0.2, 0.25) is 0 Å². The Bertz CT molecular complexity index is 1410. The van der Waals surface area contributed by atoms with Crippen LogP contribution >= 0.6 is 27.7 Å². The molecule has 0 aliphatic carbocycles. The maximum absolute atomic E-state index is 9.48. The zero-order valence-electron chi connectivity index (χ0n) is 26.0. The third kappa shape index (κ3) is 9.15. The van der Waals surface area contributed by atoms with E-state index in [0.717, 1.165) is 32.8 Å². The molecule has 0 heterocycles. The van der Waals surface area contributed by atoms with Gasteiger partial charge in [-0.1, -0.05) is 113 Å². The van der Waals surface area contributed by atoms with Crippen LogP contribution in [0, 0.1) is 12.8 Å². The predicted molar refractivity (Wildman–Crippen MR) is 180 cm³/mol. The third-order valence-corrected chi connectivity index (χ3v) is 8.43. The van der Waals surface area contributed by atoms with Crippen LogP contribution in [-0.4, -0.2) is 5.11 Å². The Morgan fingerprint density at radius 2 is 1.27 bits per heavy atom. The second-order valence-corrected chi connectivity index (χ2v) is 14.5. The van der Waals surface area contributed by atoms with Crippen LogP contribution in [0.5, 0.6) is 17.2 Å². The largest absolute Gasteiger partial charge is 0.508 e. The lowest BCUT2D eigenvalue weighted by Crippen LogP contribution is -2.21. The molecule has 0 atom stereocenters. The van der Waals surface area contributed by atoms with Crippen LogP contribution in [0.3, 0.4) is 0 Å². The Morgan fingerprint density at radius 3 is 1.78 bits per heavy atom. The van der Waals surface area contributed by atoms with Crippen LogP contribution in [0.25, 0.3) is 0 Å². The fourth-order valence-corrected chi connectivity index (χ4v) is 5.84. The van der Waals surface area contributed by atoms with Crippen molar-refractivity contribution in [2.45, 2.75) is 88.3 Å². The van der Waals surface area contributed by atoms with E-state index in [1.54, 1.807) is 23.9 Å². The van der Waals surface area contributed by atoms with Crippen LogP contribution in [0.15, 0.2) is 94.7 Å². The Labute approximate surface area is 260 Å². The van der Waals surface area contributed by atoms with Crippen molar-refractivity contribution in [2.24, 2.45) is 5.92 Å². The number of aryl methyl sites for hydroxylation is 1. The molecule has 0 unspecified atom stereocenters. The predicted octanol–water partition coefficient (Wildman–Crippen LogP) is 11.8. The smallest absolute Gasteiger partial charge is 0.131 e. The minimum atomic E-state index is -0.135. The van der Waals surface area contributed by atoms with Gasteiger partial charge >= 0.3 is 0 Å². The summed E-state index contributed by atoms with van der Waals surface area (Å²) in [6, 6.07) is 28.8. The van der Waals surface area contributed by atoms with Gasteiger partial charge in [0.05, 0.1) is 0 Å². The molecule has 4 aromatic rings. The average molecular weight is 634 g/mol. The van der Waals surface area contributed by atoms with Gasteiger partial charge in [0, 0.05) is 26.1 Å². The van der Waals surface area contributed by atoms with Crippen molar-refractivity contribution in [3.05, 3.63) is 113 Å². The first-order valence-corrected chi connectivity index (χ1v) is 16.2. The Kier molecular flexibility index (Phi) is 11.2. The first-order valence-electron chi connectivity index (χ1n) is 14.3. The van der Waals surface area contributed by atoms with Gasteiger partial charge in [0.1, 0.15) is 17.2 Å². The molecule has 0 aromatic heterocycles. The van der Waals surface area contributed by atoms with Gasteiger partial charge in [-0.2, -0.15) is 0 Å². The lowest BCUT2D eigenvalue weighted by atomic mass is 9.75. The zero-order chi connectivity index (χ0) is 30.4. The van der Waals surface area contributed by atoms with Gasteiger partial charge in [-0.3, -0.25) is 0 Å². The normalized spacial score (nSPS) is 11.7. The fourth-order valence-electron chi connectivity index (χ4n) is 4.59. The quantitative estimate of drug-likeness (QED) is 0.205. The maximum Gasteiger partial charge on any atom is 0.131 e. The molecule has 2 nitrogen and oxygen atoms in total. The summed E-state index contributed by atoms with van der Waals surface area (Å²) in [6.45, 7) is 20.1. The average Bonchev–Trinajstić information content (AvgIpc) is 2.90. The standard InChI is InChI=1S/C33H35BrO2S.C4H10/c1-22-19-24(7-17-30(22)32(2,3)4)33(5,6)25-8-18-31(23(20-25)21-34)36-27-11-15-29(16-12-27)37-28-13-9-26(35)10-14-28;1-4(2)3/h7-20,35H,21H2,1-6H3;4H,1-3H3. The van der Waals surface area contributed by atoms with Gasteiger partial charge in [0.2, 0.25) is 0 Å². The van der Waals surface area contributed by atoms with E-state index in [1.165, 1.54) is 22.3 Å². The summed E-state index contributed by atoms with van der Waals surface area (Å²) in [6.07, 6.45) is 0. The number of hydrogen-bond acceptors (Lipinski definition) is 3. The summed E-state index contributed by atoms with van der Waals surface area (Å²) in [5.41, 5.74) is 6.43. The van der Waals surface area contributed by atoms with Crippen LogP contribution < -0.4 is 4.74 Å². The number of benzene rings is 4. The summed E-state index contributed by atoms with van der Waals surface area (Å²) in [7, 11) is 0. The van der Waals surface area contributed by atoms with Crippen molar-refractivity contribution in [3.63, 3.8) is 0 Å². The second kappa shape index (κ2) is 14.0. The zero-order valence-corrected chi connectivity index (χ0v) is 28.4. The van der Waals surface area contributed by atoms with E-state index < -0.39 is 0 Å². The van der Waals surface area contributed by atoms with Crippen LogP contribution in [0.1, 0.15) is 83.2 Å². The molecule has 0 aliphatic heterocycles. The third-order valence-electron chi connectivity index (χ3n) is 6.81. The van der Waals surface area contributed by atoms with E-state index in [1.807, 2.05) is 24.3 Å². The van der Waals surface area contributed by atoms with Gasteiger partial charge in [0.25, 0.3) is 0 Å². The van der Waals surface area contributed by atoms with Gasteiger partial charge in [-0.15, -0.1) is 0 Å². The van der Waals surface area contributed by atoms with Gasteiger partial charge < -0.3 is 9.84 Å². The lowest BCUT2D eigenvalue weighted by Gasteiger charge is -2.29. The van der Waals surface area contributed by atoms with Gasteiger partial charge in [0.15, 0.2) is 0 Å². The molecular formula is C37H45BrO2S. The van der Waals surface area contributed by atoms with E-state index >= 15 is 0 Å². The van der Waals surface area contributed by atoms with E-state index in [-0.39, 0.29) is 16.6 Å². The highest BCUT2D eigenvalue weighted by atomic mass is 79.9. The summed E-state index contributed by atoms with van der Waals surface area (Å²) in [4.78, 5) is 2.19. The van der Waals surface area contributed by atoms with Crippen LogP contribution in [-0.2, 0) is 16.2 Å². The summed E-state index contributed by atoms with van der Waals surface area (Å²) in [5, 5.41) is 10.2. The highest BCUT2D eigenvalue weighted by Crippen LogP contribution is 2.38. The molecule has 0 bridgehead atoms. The Hall–Kier alpha value is -2.69. The number of alkyl halides is 1. The molecule has 218 valence electrons. The molecule has 0 fully saturated rings. The van der Waals surface area contributed by atoms with Crippen molar-refractivity contribution < 1.29 is 9.84 Å². The number of aromatic hydroxyl groups is 1. The van der Waals surface area contributed by atoms with E-state index in [9.17, 15) is 5.11 Å². The first-order chi connectivity index (χ1) is 19.2. The summed E-state index contributed by atoms with van der Waals surface area (Å²) in [5.74, 6) is 2.77. The fraction of sp³-hybridized carbons (Fsp3) is 0.351. The molecule has 0 saturated heterocycles. The lowest BCUT2D eigenvalue weighted by molar-refractivity contribution is 0.475. The van der Waals surface area contributed by atoms with E-state index in [4.69, 9.17) is 4.74 Å². The molecule has 0 spiro atoms. The Morgan fingerprint density at radius 1 is 0.756 bits per heavy atom. The van der Waals surface area contributed by atoms with Gasteiger partial charge in [-0.25, -0.2) is 0 Å². The Balaban J connectivity index is 0.00000108. The number of phenols is 1. The van der Waals surface area contributed by atoms with Crippen molar-refractivity contribution in [1.29, 1.82) is 0 Å². The highest BCUT2D eigenvalue weighted by molar-refractivity contribution is 9.08. The highest BCUT2D eigenvalue weighted by Gasteiger charge is 2.26. The minimum Gasteiger partial charge on any atom is -0.508 e.